The van der Waals surface area contributed by atoms with Gasteiger partial charge in [-0.25, -0.2) is 8.42 Å². The molecular weight excluding hydrogens is 428 g/mol. The molecule has 0 aliphatic carbocycles. The summed E-state index contributed by atoms with van der Waals surface area (Å²) in [5.41, 5.74) is 0.543. The van der Waals surface area contributed by atoms with Crippen LogP contribution in [0.3, 0.4) is 0 Å². The van der Waals surface area contributed by atoms with Gasteiger partial charge in [0.1, 0.15) is 16.4 Å². The molecule has 0 saturated carbocycles. The number of amides is 1. The Balaban J connectivity index is 1.81. The van der Waals surface area contributed by atoms with Crippen molar-refractivity contribution < 1.29 is 22.4 Å². The van der Waals surface area contributed by atoms with Crippen molar-refractivity contribution in [3.63, 3.8) is 0 Å². The van der Waals surface area contributed by atoms with Crippen LogP contribution in [-0.2, 0) is 16.6 Å². The summed E-state index contributed by atoms with van der Waals surface area (Å²) in [7, 11) is -2.41. The fourth-order valence-electron chi connectivity index (χ4n) is 2.77. The van der Waals surface area contributed by atoms with Gasteiger partial charge in [-0.3, -0.25) is 9.52 Å². The van der Waals surface area contributed by atoms with Crippen molar-refractivity contribution in [3.05, 3.63) is 77.2 Å². The minimum atomic E-state index is -4.01. The lowest BCUT2D eigenvalue weighted by molar-refractivity contribution is 0.0775. The van der Waals surface area contributed by atoms with Crippen molar-refractivity contribution in [1.82, 2.24) is 4.90 Å². The average Bonchev–Trinajstić information content (AvgIpc) is 3.22. The van der Waals surface area contributed by atoms with E-state index < -0.39 is 10.0 Å². The summed E-state index contributed by atoms with van der Waals surface area (Å²) < 4.78 is 38.8. The van der Waals surface area contributed by atoms with E-state index in [2.05, 4.69) is 4.72 Å². The summed E-state index contributed by atoms with van der Waals surface area (Å²) in [5.74, 6) is 0.885. The molecule has 0 aliphatic rings. The minimum Gasteiger partial charge on any atom is -0.494 e. The first-order valence-electron chi connectivity index (χ1n) is 9.13. The molecule has 0 saturated heterocycles. The van der Waals surface area contributed by atoms with Gasteiger partial charge in [-0.05, 0) is 61.5 Å². The molecule has 0 unspecified atom stereocenters. The number of hydrogen-bond acceptors (Lipinski definition) is 5. The van der Waals surface area contributed by atoms with E-state index in [-0.39, 0.29) is 27.9 Å². The van der Waals surface area contributed by atoms with Crippen LogP contribution in [0.25, 0.3) is 0 Å². The minimum absolute atomic E-state index is 0.0127. The maximum atomic E-state index is 12.9. The zero-order valence-corrected chi connectivity index (χ0v) is 18.0. The summed E-state index contributed by atoms with van der Waals surface area (Å²) in [6.07, 6.45) is 1.52. The van der Waals surface area contributed by atoms with Gasteiger partial charge in [0.15, 0.2) is 0 Å². The Kier molecular flexibility index (Phi) is 6.69. The molecule has 1 N–H and O–H groups in total. The quantitative estimate of drug-likeness (QED) is 0.551. The SMILES string of the molecule is CCOc1ccc(NS(=O)(=O)c2cc(C(=O)N(C)Cc3ccco3)ccc2Cl)cc1. The number of halogens is 1. The van der Waals surface area contributed by atoms with Gasteiger partial charge in [0.25, 0.3) is 15.9 Å². The topological polar surface area (TPSA) is 88.8 Å². The Labute approximate surface area is 180 Å². The lowest BCUT2D eigenvalue weighted by Crippen LogP contribution is -2.26. The summed E-state index contributed by atoms with van der Waals surface area (Å²) in [4.78, 5) is 14.0. The first kappa shape index (κ1) is 21.7. The number of anilines is 1. The molecule has 9 heteroatoms. The van der Waals surface area contributed by atoms with E-state index in [1.807, 2.05) is 6.92 Å². The smallest absolute Gasteiger partial charge is 0.263 e. The molecule has 1 aromatic heterocycles. The number of carbonyl (C=O) groups is 1. The number of furan rings is 1. The van der Waals surface area contributed by atoms with E-state index in [0.717, 1.165) is 0 Å². The van der Waals surface area contributed by atoms with E-state index in [4.69, 9.17) is 20.8 Å². The Hall–Kier alpha value is -2.97. The molecule has 3 rings (SSSR count). The van der Waals surface area contributed by atoms with Crippen molar-refractivity contribution >= 4 is 33.2 Å². The molecule has 0 atom stereocenters. The summed E-state index contributed by atoms with van der Waals surface area (Å²) in [6, 6.07) is 14.1. The molecule has 7 nitrogen and oxygen atoms in total. The van der Waals surface area contributed by atoms with Crippen molar-refractivity contribution in [3.8, 4) is 5.75 Å². The van der Waals surface area contributed by atoms with Crippen molar-refractivity contribution in [2.24, 2.45) is 0 Å². The Morgan fingerprint density at radius 2 is 1.90 bits per heavy atom. The molecule has 0 bridgehead atoms. The largest absolute Gasteiger partial charge is 0.494 e. The fraction of sp³-hybridized carbons (Fsp3) is 0.190. The third kappa shape index (κ3) is 5.14. The highest BCUT2D eigenvalue weighted by Crippen LogP contribution is 2.26. The number of hydrogen-bond donors (Lipinski definition) is 1. The molecular formula is C21H21ClN2O5S. The van der Waals surface area contributed by atoms with Crippen molar-refractivity contribution in [2.45, 2.75) is 18.4 Å². The van der Waals surface area contributed by atoms with Crippen molar-refractivity contribution in [1.29, 1.82) is 0 Å². The second kappa shape index (κ2) is 9.23. The monoisotopic (exact) mass is 448 g/mol. The average molecular weight is 449 g/mol. The maximum absolute atomic E-state index is 12.9. The second-order valence-electron chi connectivity index (χ2n) is 6.45. The Morgan fingerprint density at radius 3 is 2.53 bits per heavy atom. The molecule has 1 amide bonds. The standard InChI is InChI=1S/C21H21ClN2O5S/c1-3-28-17-9-7-16(8-10-17)23-30(26,27)20-13-15(6-11-19(20)22)21(25)24(2)14-18-5-4-12-29-18/h4-13,23H,3,14H2,1-2H3. The fourth-order valence-corrected chi connectivity index (χ4v) is 4.35. The van der Waals surface area contributed by atoms with Crippen LogP contribution >= 0.6 is 11.6 Å². The Morgan fingerprint density at radius 1 is 1.17 bits per heavy atom. The zero-order chi connectivity index (χ0) is 21.7. The number of benzene rings is 2. The zero-order valence-electron chi connectivity index (χ0n) is 16.5. The number of nitrogens with one attached hydrogen (secondary N) is 1. The number of ether oxygens (including phenoxy) is 1. The molecule has 2 aromatic carbocycles. The first-order valence-corrected chi connectivity index (χ1v) is 11.0. The van der Waals surface area contributed by atoms with Crippen LogP contribution in [0.15, 0.2) is 70.2 Å². The van der Waals surface area contributed by atoms with Crippen LogP contribution < -0.4 is 9.46 Å². The van der Waals surface area contributed by atoms with E-state index in [0.29, 0.717) is 23.8 Å². The predicted octanol–water partition coefficient (Wildman–Crippen LogP) is 4.40. The van der Waals surface area contributed by atoms with E-state index >= 15 is 0 Å². The van der Waals surface area contributed by atoms with Crippen LogP contribution in [0.2, 0.25) is 5.02 Å². The number of rotatable bonds is 8. The van der Waals surface area contributed by atoms with Crippen LogP contribution in [0.1, 0.15) is 23.0 Å². The van der Waals surface area contributed by atoms with E-state index in [1.165, 1.54) is 29.4 Å². The van der Waals surface area contributed by atoms with Crippen LogP contribution in [0.4, 0.5) is 5.69 Å². The van der Waals surface area contributed by atoms with Gasteiger partial charge < -0.3 is 14.1 Å². The highest BCUT2D eigenvalue weighted by atomic mass is 35.5. The van der Waals surface area contributed by atoms with Crippen LogP contribution in [0.5, 0.6) is 5.75 Å². The third-order valence-corrected chi connectivity index (χ3v) is 6.07. The molecule has 0 radical (unpaired) electrons. The molecule has 0 aliphatic heterocycles. The van der Waals surface area contributed by atoms with Gasteiger partial charge >= 0.3 is 0 Å². The maximum Gasteiger partial charge on any atom is 0.263 e. The third-order valence-electron chi connectivity index (χ3n) is 4.21. The van der Waals surface area contributed by atoms with Crippen molar-refractivity contribution in [2.75, 3.05) is 18.4 Å². The van der Waals surface area contributed by atoms with E-state index in [9.17, 15) is 13.2 Å². The lowest BCUT2D eigenvalue weighted by atomic mass is 10.2. The second-order valence-corrected chi connectivity index (χ2v) is 8.51. The molecule has 158 valence electrons. The first-order chi connectivity index (χ1) is 14.3. The van der Waals surface area contributed by atoms with Gasteiger partial charge in [-0.2, -0.15) is 0 Å². The number of sulfonamides is 1. The predicted molar refractivity (Wildman–Crippen MR) is 114 cm³/mol. The number of carbonyl (C=O) groups excluding carboxylic acids is 1. The molecule has 1 heterocycles. The van der Waals surface area contributed by atoms with Gasteiger partial charge in [-0.15, -0.1) is 0 Å². The molecule has 3 aromatic rings. The van der Waals surface area contributed by atoms with Crippen LogP contribution in [-0.4, -0.2) is 32.9 Å². The van der Waals surface area contributed by atoms with Gasteiger partial charge in [0.2, 0.25) is 0 Å². The van der Waals surface area contributed by atoms with Gasteiger partial charge in [0.05, 0.1) is 24.4 Å². The van der Waals surface area contributed by atoms with Crippen LogP contribution in [0, 0.1) is 0 Å². The lowest BCUT2D eigenvalue weighted by Gasteiger charge is -2.17. The highest BCUT2D eigenvalue weighted by Gasteiger charge is 2.22. The molecule has 0 spiro atoms. The van der Waals surface area contributed by atoms with E-state index in [1.54, 1.807) is 43.4 Å². The number of nitrogens with zero attached hydrogens (tertiary/aromatic N) is 1. The van der Waals surface area contributed by atoms with Gasteiger partial charge in [-0.1, -0.05) is 11.6 Å². The Bertz CT molecular complexity index is 1110. The summed E-state index contributed by atoms with van der Waals surface area (Å²) >= 11 is 6.13. The highest BCUT2D eigenvalue weighted by molar-refractivity contribution is 7.92. The molecule has 0 fully saturated rings. The summed E-state index contributed by atoms with van der Waals surface area (Å²) in [5, 5.41) is 0.0127. The summed E-state index contributed by atoms with van der Waals surface area (Å²) in [6.45, 7) is 2.62. The molecule has 30 heavy (non-hydrogen) atoms. The normalized spacial score (nSPS) is 11.2. The van der Waals surface area contributed by atoms with Gasteiger partial charge in [0, 0.05) is 18.3 Å².